The Balaban J connectivity index is 1.63. The van der Waals surface area contributed by atoms with Gasteiger partial charge in [-0.05, 0) is 12.1 Å². The summed E-state index contributed by atoms with van der Waals surface area (Å²) in [5, 5.41) is 27.9. The maximum absolute atomic E-state index is 11.9. The van der Waals surface area contributed by atoms with Crippen LogP contribution in [0.2, 0.25) is 5.02 Å². The van der Waals surface area contributed by atoms with Crippen LogP contribution in [0.1, 0.15) is 0 Å². The zero-order valence-corrected chi connectivity index (χ0v) is 12.8. The smallest absolute Gasteiger partial charge is 0.295 e. The lowest BCUT2D eigenvalue weighted by molar-refractivity contribution is -0.117. The number of carbonyl (C=O) groups is 1. The number of nitrogens with one attached hydrogen (secondary N) is 1. The van der Waals surface area contributed by atoms with Gasteiger partial charge in [-0.25, -0.2) is 4.68 Å². The first-order valence-electron chi connectivity index (χ1n) is 6.61. The van der Waals surface area contributed by atoms with E-state index < -0.39 is 5.91 Å². The predicted octanol–water partition coefficient (Wildman–Crippen LogP) is 1.81. The van der Waals surface area contributed by atoms with Crippen LogP contribution in [0.15, 0.2) is 41.2 Å². The summed E-state index contributed by atoms with van der Waals surface area (Å²) in [6, 6.07) is 8.56. The quantitative estimate of drug-likeness (QED) is 0.594. The summed E-state index contributed by atoms with van der Waals surface area (Å²) in [6.45, 7) is -0.197. The van der Waals surface area contributed by atoms with Gasteiger partial charge in [0.2, 0.25) is 11.8 Å². The van der Waals surface area contributed by atoms with Crippen LogP contribution in [-0.2, 0) is 11.3 Å². The van der Waals surface area contributed by atoms with Crippen LogP contribution in [0.25, 0.3) is 11.3 Å². The molecule has 0 bridgehead atoms. The fraction of sp³-hybridized carbons (Fsp3) is 0.0769. The highest BCUT2D eigenvalue weighted by molar-refractivity contribution is 6.30. The van der Waals surface area contributed by atoms with Gasteiger partial charge in [0.1, 0.15) is 18.6 Å². The average molecular weight is 351 g/mol. The zero-order valence-electron chi connectivity index (χ0n) is 12.0. The zero-order chi connectivity index (χ0) is 17.1. The van der Waals surface area contributed by atoms with E-state index >= 15 is 0 Å². The third kappa shape index (κ3) is 3.68. The standard InChI is InChI=1S/C13H11ClN6O4/c14-9-3-1-8(2-4-9)10-5-12(24-18-10)16-11(21)6-19-7-15-13(17-19)20(22)23/h1-5,7,22-23H,6H2,(H,16,21). The van der Waals surface area contributed by atoms with Gasteiger partial charge >= 0.3 is 0 Å². The van der Waals surface area contributed by atoms with Crippen molar-refractivity contribution in [2.75, 3.05) is 10.5 Å². The molecule has 0 spiro atoms. The summed E-state index contributed by atoms with van der Waals surface area (Å²) < 4.78 is 6.18. The van der Waals surface area contributed by atoms with Gasteiger partial charge in [-0.3, -0.25) is 20.5 Å². The number of amides is 1. The van der Waals surface area contributed by atoms with Crippen molar-refractivity contribution in [3.05, 3.63) is 41.7 Å². The van der Waals surface area contributed by atoms with Crippen molar-refractivity contribution in [2.24, 2.45) is 0 Å². The van der Waals surface area contributed by atoms with Gasteiger partial charge in [-0.15, -0.1) is 5.10 Å². The van der Waals surface area contributed by atoms with Crippen LogP contribution in [0.3, 0.4) is 0 Å². The third-order valence-electron chi connectivity index (χ3n) is 2.92. The van der Waals surface area contributed by atoms with Crippen molar-refractivity contribution in [1.29, 1.82) is 0 Å². The number of nitrogens with zero attached hydrogens (tertiary/aromatic N) is 5. The number of rotatable bonds is 5. The van der Waals surface area contributed by atoms with Gasteiger partial charge in [-0.1, -0.05) is 34.1 Å². The first-order valence-corrected chi connectivity index (χ1v) is 6.99. The van der Waals surface area contributed by atoms with E-state index in [4.69, 9.17) is 26.5 Å². The summed E-state index contributed by atoms with van der Waals surface area (Å²) in [7, 11) is 0. The number of halogens is 1. The van der Waals surface area contributed by atoms with Crippen LogP contribution >= 0.6 is 11.6 Å². The van der Waals surface area contributed by atoms with Crippen LogP contribution in [0, 0.1) is 0 Å². The first-order chi connectivity index (χ1) is 11.5. The predicted molar refractivity (Wildman–Crippen MR) is 81.7 cm³/mol. The second-order valence-corrected chi connectivity index (χ2v) is 5.10. The maximum atomic E-state index is 11.9. The molecule has 1 aromatic carbocycles. The van der Waals surface area contributed by atoms with Crippen molar-refractivity contribution in [1.82, 2.24) is 19.9 Å². The number of aromatic nitrogens is 4. The summed E-state index contributed by atoms with van der Waals surface area (Å²) in [5.74, 6) is -0.642. The molecule has 3 rings (SSSR count). The van der Waals surface area contributed by atoms with Crippen molar-refractivity contribution in [3.63, 3.8) is 0 Å². The van der Waals surface area contributed by atoms with E-state index in [1.54, 1.807) is 30.3 Å². The van der Waals surface area contributed by atoms with Crippen molar-refractivity contribution in [3.8, 4) is 11.3 Å². The molecule has 124 valence electrons. The minimum Gasteiger partial charge on any atom is -0.338 e. The molecule has 2 aromatic heterocycles. The monoisotopic (exact) mass is 350 g/mol. The fourth-order valence-electron chi connectivity index (χ4n) is 1.87. The lowest BCUT2D eigenvalue weighted by Crippen LogP contribution is -2.19. The molecule has 24 heavy (non-hydrogen) atoms. The van der Waals surface area contributed by atoms with Gasteiger partial charge in [-0.2, -0.15) is 4.98 Å². The molecule has 11 heteroatoms. The Morgan fingerprint density at radius 3 is 2.75 bits per heavy atom. The van der Waals surface area contributed by atoms with Gasteiger partial charge < -0.3 is 4.52 Å². The van der Waals surface area contributed by atoms with Gasteiger partial charge in [0, 0.05) is 16.7 Å². The Kier molecular flexibility index (Phi) is 4.42. The van der Waals surface area contributed by atoms with Crippen LogP contribution in [0.4, 0.5) is 11.8 Å². The Labute approximate surface area is 139 Å². The molecule has 0 aliphatic rings. The van der Waals surface area contributed by atoms with Crippen molar-refractivity contribution in [2.45, 2.75) is 6.54 Å². The second kappa shape index (κ2) is 6.66. The molecule has 0 aliphatic carbocycles. The van der Waals surface area contributed by atoms with E-state index in [-0.39, 0.29) is 23.6 Å². The fourth-order valence-corrected chi connectivity index (χ4v) is 1.99. The second-order valence-electron chi connectivity index (χ2n) is 4.66. The molecule has 0 aliphatic heterocycles. The molecule has 0 atom stereocenters. The molecule has 1 amide bonds. The van der Waals surface area contributed by atoms with E-state index in [0.717, 1.165) is 10.2 Å². The highest BCUT2D eigenvalue weighted by Gasteiger charge is 2.12. The number of hydrogen-bond acceptors (Lipinski definition) is 8. The number of carbonyl (C=O) groups excluding carboxylic acids is 1. The number of hydrogen-bond donors (Lipinski definition) is 3. The van der Waals surface area contributed by atoms with Gasteiger partial charge in [0.05, 0.1) is 0 Å². The minimum atomic E-state index is -0.451. The molecule has 0 fully saturated rings. The molecule has 3 N–H and O–H groups in total. The summed E-state index contributed by atoms with van der Waals surface area (Å²) >= 11 is 5.82. The van der Waals surface area contributed by atoms with E-state index in [1.165, 1.54) is 6.33 Å². The summed E-state index contributed by atoms with van der Waals surface area (Å²) in [4.78, 5) is 15.5. The molecule has 0 saturated carbocycles. The molecular weight excluding hydrogens is 340 g/mol. The molecule has 0 unspecified atom stereocenters. The molecule has 3 aromatic rings. The summed E-state index contributed by atoms with van der Waals surface area (Å²) in [5.41, 5.74) is 1.33. The molecule has 10 nitrogen and oxygen atoms in total. The molecular formula is C13H11ClN6O4. The summed E-state index contributed by atoms with van der Waals surface area (Å²) in [6.07, 6.45) is 1.17. The topological polar surface area (TPSA) is 130 Å². The Bertz CT molecular complexity index is 844. The molecule has 0 radical (unpaired) electrons. The van der Waals surface area contributed by atoms with E-state index in [1.807, 2.05) is 0 Å². The average Bonchev–Trinajstić information content (AvgIpc) is 3.17. The van der Waals surface area contributed by atoms with Gasteiger partial charge in [0.25, 0.3) is 5.95 Å². The molecule has 0 saturated heterocycles. The van der Waals surface area contributed by atoms with E-state index in [2.05, 4.69) is 20.6 Å². The van der Waals surface area contributed by atoms with Crippen LogP contribution < -0.4 is 10.5 Å². The number of anilines is 2. The lowest BCUT2D eigenvalue weighted by atomic mass is 10.1. The van der Waals surface area contributed by atoms with E-state index in [9.17, 15) is 4.79 Å². The lowest BCUT2D eigenvalue weighted by Gasteiger charge is -2.01. The minimum absolute atomic E-state index is 0.163. The highest BCUT2D eigenvalue weighted by atomic mass is 35.5. The number of benzene rings is 1. The normalized spacial score (nSPS) is 10.6. The van der Waals surface area contributed by atoms with Crippen molar-refractivity contribution < 1.29 is 19.7 Å². The van der Waals surface area contributed by atoms with Crippen molar-refractivity contribution >= 4 is 29.3 Å². The van der Waals surface area contributed by atoms with Gasteiger partial charge in [0.15, 0.2) is 0 Å². The van der Waals surface area contributed by atoms with Crippen LogP contribution in [0.5, 0.6) is 0 Å². The maximum Gasteiger partial charge on any atom is 0.295 e. The SMILES string of the molecule is O=C(Cn1cnc(N(O)O)n1)Nc1cc(-c2ccc(Cl)cc2)no1. The Morgan fingerprint density at radius 1 is 1.33 bits per heavy atom. The highest BCUT2D eigenvalue weighted by Crippen LogP contribution is 2.23. The first kappa shape index (κ1) is 15.9. The largest absolute Gasteiger partial charge is 0.338 e. The Morgan fingerprint density at radius 2 is 2.08 bits per heavy atom. The third-order valence-corrected chi connectivity index (χ3v) is 3.17. The Hall–Kier alpha value is -2.95. The van der Waals surface area contributed by atoms with E-state index in [0.29, 0.717) is 10.7 Å². The van der Waals surface area contributed by atoms with Crippen LogP contribution in [-0.4, -0.2) is 36.2 Å². The molecule has 2 heterocycles.